The Balaban J connectivity index is 1.41. The lowest BCUT2D eigenvalue weighted by Crippen LogP contribution is -2.38. The Morgan fingerprint density at radius 1 is 1.15 bits per heavy atom. The second-order valence-corrected chi connectivity index (χ2v) is 7.37. The van der Waals surface area contributed by atoms with Gasteiger partial charge in [0.15, 0.2) is 5.13 Å². The minimum Gasteiger partial charge on any atom is -0.300 e. The van der Waals surface area contributed by atoms with Crippen LogP contribution in [0.15, 0.2) is 41.8 Å². The number of anilines is 1. The minimum atomic E-state index is -0.469. The van der Waals surface area contributed by atoms with E-state index in [0.29, 0.717) is 23.7 Å². The maximum Gasteiger partial charge on any atom is 0.246 e. The van der Waals surface area contributed by atoms with Crippen molar-refractivity contribution < 1.29 is 18.8 Å². The highest BCUT2D eigenvalue weighted by Crippen LogP contribution is 2.35. The predicted molar refractivity (Wildman–Crippen MR) is 98.2 cm³/mol. The molecule has 0 saturated carbocycles. The molecule has 1 aromatic heterocycles. The summed E-state index contributed by atoms with van der Waals surface area (Å²) in [6.45, 7) is -0.309. The van der Waals surface area contributed by atoms with Crippen LogP contribution < -0.4 is 5.32 Å². The molecule has 1 aromatic carbocycles. The number of thiazole rings is 1. The lowest BCUT2D eigenvalue weighted by molar-refractivity contribution is -0.142. The molecule has 1 saturated heterocycles. The first-order valence-corrected chi connectivity index (χ1v) is 9.42. The Bertz CT molecular complexity index is 912. The molecule has 0 spiro atoms. The molecule has 0 bridgehead atoms. The second kappa shape index (κ2) is 7.03. The Hall–Kier alpha value is -2.87. The molecule has 2 aliphatic rings. The third-order valence-corrected chi connectivity index (χ3v) is 5.55. The SMILES string of the molecule is O=C(CN1C(=O)[C@@H]2CC=CC[C@H]2C1=O)Nc1nc(-c2ccc(F)cc2)cs1. The highest BCUT2D eigenvalue weighted by atomic mass is 32.1. The molecule has 1 aliphatic carbocycles. The van der Waals surface area contributed by atoms with Crippen molar-refractivity contribution in [2.75, 3.05) is 11.9 Å². The number of amides is 3. The van der Waals surface area contributed by atoms with Crippen LogP contribution in [-0.4, -0.2) is 34.2 Å². The van der Waals surface area contributed by atoms with Crippen molar-refractivity contribution in [1.82, 2.24) is 9.88 Å². The molecule has 1 fully saturated rings. The first kappa shape index (κ1) is 17.5. The number of benzene rings is 1. The summed E-state index contributed by atoms with van der Waals surface area (Å²) < 4.78 is 13.0. The molecule has 8 heteroatoms. The number of carbonyl (C=O) groups excluding carboxylic acids is 3. The van der Waals surface area contributed by atoms with Crippen molar-refractivity contribution in [3.05, 3.63) is 47.6 Å². The number of carbonyl (C=O) groups is 3. The first-order valence-electron chi connectivity index (χ1n) is 8.54. The topological polar surface area (TPSA) is 79.4 Å². The van der Waals surface area contributed by atoms with E-state index in [1.54, 1.807) is 17.5 Å². The number of hydrogen-bond acceptors (Lipinski definition) is 5. The number of allylic oxidation sites excluding steroid dienone is 2. The molecule has 138 valence electrons. The molecule has 4 rings (SSSR count). The fourth-order valence-corrected chi connectivity index (χ4v) is 4.15. The van der Waals surface area contributed by atoms with Crippen molar-refractivity contribution in [1.29, 1.82) is 0 Å². The zero-order valence-corrected chi connectivity index (χ0v) is 15.0. The van der Waals surface area contributed by atoms with Crippen molar-refractivity contribution in [3.8, 4) is 11.3 Å². The van der Waals surface area contributed by atoms with Crippen molar-refractivity contribution in [2.24, 2.45) is 11.8 Å². The zero-order valence-electron chi connectivity index (χ0n) is 14.2. The molecule has 0 unspecified atom stereocenters. The van der Waals surface area contributed by atoms with Crippen molar-refractivity contribution in [3.63, 3.8) is 0 Å². The lowest BCUT2D eigenvalue weighted by atomic mass is 9.85. The standard InChI is InChI=1S/C19H16FN3O3S/c20-12-7-5-11(6-8-12)15-10-27-19(21-15)22-16(24)9-23-17(25)13-3-1-2-4-14(13)18(23)26/h1-2,5-8,10,13-14H,3-4,9H2,(H,21,22,24)/t13-,14-/m1/s1. The van der Waals surface area contributed by atoms with E-state index in [9.17, 15) is 18.8 Å². The van der Waals surface area contributed by atoms with Gasteiger partial charge in [0.05, 0.1) is 17.5 Å². The second-order valence-electron chi connectivity index (χ2n) is 6.51. The quantitative estimate of drug-likeness (QED) is 0.648. The average Bonchev–Trinajstić information content (AvgIpc) is 3.22. The number of hydrogen-bond donors (Lipinski definition) is 1. The number of aromatic nitrogens is 1. The summed E-state index contributed by atoms with van der Waals surface area (Å²) in [5.74, 6) is -2.06. The number of halogens is 1. The van der Waals surface area contributed by atoms with Crippen molar-refractivity contribution in [2.45, 2.75) is 12.8 Å². The minimum absolute atomic E-state index is 0.282. The van der Waals surface area contributed by atoms with Gasteiger partial charge in [-0.15, -0.1) is 11.3 Å². The van der Waals surface area contributed by atoms with Gasteiger partial charge in [0.2, 0.25) is 17.7 Å². The lowest BCUT2D eigenvalue weighted by Gasteiger charge is -2.14. The van der Waals surface area contributed by atoms with E-state index >= 15 is 0 Å². The number of nitrogens with one attached hydrogen (secondary N) is 1. The van der Waals surface area contributed by atoms with E-state index in [1.165, 1.54) is 23.5 Å². The van der Waals surface area contributed by atoms with Gasteiger partial charge in [-0.2, -0.15) is 0 Å². The third kappa shape index (κ3) is 3.40. The normalized spacial score (nSPS) is 21.4. The number of fused-ring (bicyclic) bond motifs is 1. The van der Waals surface area contributed by atoms with Gasteiger partial charge >= 0.3 is 0 Å². The monoisotopic (exact) mass is 385 g/mol. The molecular formula is C19H16FN3O3S. The molecule has 2 atom stereocenters. The molecule has 2 heterocycles. The summed E-state index contributed by atoms with van der Waals surface area (Å²) in [7, 11) is 0. The number of rotatable bonds is 4. The van der Waals surface area contributed by atoms with Gasteiger partial charge in [-0.05, 0) is 37.1 Å². The highest BCUT2D eigenvalue weighted by Gasteiger charge is 2.47. The summed E-state index contributed by atoms with van der Waals surface area (Å²) >= 11 is 1.22. The van der Waals surface area contributed by atoms with Gasteiger partial charge in [0, 0.05) is 10.9 Å². The van der Waals surface area contributed by atoms with Crippen LogP contribution in [0, 0.1) is 17.7 Å². The van der Waals surface area contributed by atoms with E-state index in [1.807, 2.05) is 12.2 Å². The highest BCUT2D eigenvalue weighted by molar-refractivity contribution is 7.14. The first-order chi connectivity index (χ1) is 13.0. The van der Waals surface area contributed by atoms with E-state index < -0.39 is 5.91 Å². The maximum absolute atomic E-state index is 13.0. The molecule has 2 aromatic rings. The summed E-state index contributed by atoms with van der Waals surface area (Å²) in [5.41, 5.74) is 1.34. The Labute approximate surface area is 158 Å². The van der Waals surface area contributed by atoms with Crippen molar-refractivity contribution >= 4 is 34.2 Å². The molecular weight excluding hydrogens is 369 g/mol. The fraction of sp³-hybridized carbons (Fsp3) is 0.263. The molecule has 0 radical (unpaired) electrons. The van der Waals surface area contributed by atoms with Crippen LogP contribution in [-0.2, 0) is 14.4 Å². The Kier molecular flexibility index (Phi) is 4.57. The van der Waals surface area contributed by atoms with E-state index in [0.717, 1.165) is 10.5 Å². The number of imide groups is 1. The smallest absolute Gasteiger partial charge is 0.246 e. The average molecular weight is 385 g/mol. The van der Waals surface area contributed by atoms with E-state index in [-0.39, 0.29) is 36.0 Å². The van der Waals surface area contributed by atoms with Crippen LogP contribution in [0.25, 0.3) is 11.3 Å². The van der Waals surface area contributed by atoms with Gasteiger partial charge < -0.3 is 5.32 Å². The van der Waals surface area contributed by atoms with E-state index in [2.05, 4.69) is 10.3 Å². The number of nitrogens with zero attached hydrogens (tertiary/aromatic N) is 2. The fourth-order valence-electron chi connectivity index (χ4n) is 3.41. The largest absolute Gasteiger partial charge is 0.300 e. The third-order valence-electron chi connectivity index (χ3n) is 4.79. The van der Waals surface area contributed by atoms with Crippen LogP contribution in [0.1, 0.15) is 12.8 Å². The van der Waals surface area contributed by atoms with Gasteiger partial charge in [-0.3, -0.25) is 19.3 Å². The van der Waals surface area contributed by atoms with Crippen LogP contribution in [0.5, 0.6) is 0 Å². The predicted octanol–water partition coefficient (Wildman–Crippen LogP) is 2.84. The van der Waals surface area contributed by atoms with Gasteiger partial charge in [-0.1, -0.05) is 12.2 Å². The number of likely N-dealkylation sites (tertiary alicyclic amines) is 1. The summed E-state index contributed by atoms with van der Waals surface area (Å²) in [5, 5.41) is 4.73. The van der Waals surface area contributed by atoms with Gasteiger partial charge in [-0.25, -0.2) is 9.37 Å². The summed E-state index contributed by atoms with van der Waals surface area (Å²) in [6, 6.07) is 5.89. The molecule has 27 heavy (non-hydrogen) atoms. The van der Waals surface area contributed by atoms with Crippen LogP contribution in [0.4, 0.5) is 9.52 Å². The van der Waals surface area contributed by atoms with Gasteiger partial charge in [0.25, 0.3) is 0 Å². The molecule has 6 nitrogen and oxygen atoms in total. The molecule has 1 N–H and O–H groups in total. The zero-order chi connectivity index (χ0) is 19.0. The molecule has 3 amide bonds. The van der Waals surface area contributed by atoms with Crippen LogP contribution in [0.2, 0.25) is 0 Å². The Morgan fingerprint density at radius 2 is 1.78 bits per heavy atom. The summed E-state index contributed by atoms with van der Waals surface area (Å²) in [6.07, 6.45) is 4.90. The van der Waals surface area contributed by atoms with Crippen LogP contribution in [0.3, 0.4) is 0 Å². The van der Waals surface area contributed by atoms with Crippen LogP contribution >= 0.6 is 11.3 Å². The summed E-state index contributed by atoms with van der Waals surface area (Å²) in [4.78, 5) is 42.5. The maximum atomic E-state index is 13.0. The van der Waals surface area contributed by atoms with E-state index in [4.69, 9.17) is 0 Å². The Morgan fingerprint density at radius 3 is 2.41 bits per heavy atom. The molecule has 1 aliphatic heterocycles. The van der Waals surface area contributed by atoms with Gasteiger partial charge in [0.1, 0.15) is 12.4 Å².